The van der Waals surface area contributed by atoms with Gasteiger partial charge in [0, 0.05) is 30.2 Å². The van der Waals surface area contributed by atoms with Gasteiger partial charge in [0.2, 0.25) is 5.91 Å². The Morgan fingerprint density at radius 2 is 2.17 bits per heavy atom. The molecular formula is C14H18N2O2. The molecule has 0 unspecified atom stereocenters. The highest BCUT2D eigenvalue weighted by Gasteiger charge is 2.10. The number of aliphatic hydroxyl groups excluding tert-OH is 1. The van der Waals surface area contributed by atoms with Crippen molar-refractivity contribution in [3.8, 4) is 0 Å². The van der Waals surface area contributed by atoms with Gasteiger partial charge in [0.25, 0.3) is 0 Å². The van der Waals surface area contributed by atoms with Crippen LogP contribution in [0.25, 0.3) is 10.9 Å². The second-order valence-corrected chi connectivity index (χ2v) is 4.21. The van der Waals surface area contributed by atoms with E-state index in [1.807, 2.05) is 24.4 Å². The summed E-state index contributed by atoms with van der Waals surface area (Å²) in [6.07, 6.45) is 2.39. The Hall–Kier alpha value is -1.81. The van der Waals surface area contributed by atoms with Gasteiger partial charge in [0.15, 0.2) is 0 Å². The summed E-state index contributed by atoms with van der Waals surface area (Å²) in [5.41, 5.74) is 2.19. The van der Waals surface area contributed by atoms with Crippen LogP contribution in [-0.4, -0.2) is 28.7 Å². The van der Waals surface area contributed by atoms with Crippen molar-refractivity contribution in [2.45, 2.75) is 19.9 Å². The quantitative estimate of drug-likeness (QED) is 0.836. The summed E-state index contributed by atoms with van der Waals surface area (Å²) in [6, 6.07) is 8.09. The van der Waals surface area contributed by atoms with Gasteiger partial charge in [-0.25, -0.2) is 0 Å². The highest BCUT2D eigenvalue weighted by Crippen LogP contribution is 2.21. The zero-order chi connectivity index (χ0) is 13.0. The van der Waals surface area contributed by atoms with E-state index in [1.165, 1.54) is 0 Å². The molecule has 1 amide bonds. The summed E-state index contributed by atoms with van der Waals surface area (Å²) in [4.78, 5) is 11.7. The molecule has 2 aromatic rings. The fraction of sp³-hybridized carbons (Fsp3) is 0.357. The third kappa shape index (κ3) is 2.54. The van der Waals surface area contributed by atoms with Gasteiger partial charge in [-0.1, -0.05) is 18.2 Å². The number of hydrogen-bond acceptors (Lipinski definition) is 2. The lowest BCUT2D eigenvalue weighted by Gasteiger charge is -2.01. The van der Waals surface area contributed by atoms with Gasteiger partial charge in [0.05, 0.1) is 13.0 Å². The van der Waals surface area contributed by atoms with Gasteiger partial charge < -0.3 is 15.0 Å². The summed E-state index contributed by atoms with van der Waals surface area (Å²) in [7, 11) is 0. The molecule has 4 nitrogen and oxygen atoms in total. The van der Waals surface area contributed by atoms with E-state index in [0.29, 0.717) is 13.0 Å². The number of para-hydroxylation sites is 1. The highest BCUT2D eigenvalue weighted by molar-refractivity contribution is 5.89. The van der Waals surface area contributed by atoms with Gasteiger partial charge in [-0.05, 0) is 18.6 Å². The zero-order valence-corrected chi connectivity index (χ0v) is 10.5. The Balaban J connectivity index is 2.25. The number of benzene rings is 1. The summed E-state index contributed by atoms with van der Waals surface area (Å²) >= 11 is 0. The van der Waals surface area contributed by atoms with Crippen molar-refractivity contribution in [2.24, 2.45) is 0 Å². The lowest BCUT2D eigenvalue weighted by atomic mass is 10.1. The molecular weight excluding hydrogens is 228 g/mol. The Bertz CT molecular complexity index is 546. The van der Waals surface area contributed by atoms with Crippen molar-refractivity contribution in [3.05, 3.63) is 36.0 Å². The van der Waals surface area contributed by atoms with E-state index < -0.39 is 0 Å². The molecule has 0 atom stereocenters. The molecule has 0 bridgehead atoms. The minimum atomic E-state index is -0.0527. The maximum atomic E-state index is 11.7. The number of hydrogen-bond donors (Lipinski definition) is 2. The molecule has 0 saturated heterocycles. The second-order valence-electron chi connectivity index (χ2n) is 4.21. The Kier molecular flexibility index (Phi) is 3.99. The maximum absolute atomic E-state index is 11.7. The van der Waals surface area contributed by atoms with E-state index in [4.69, 9.17) is 5.11 Å². The first-order valence-electron chi connectivity index (χ1n) is 6.20. The van der Waals surface area contributed by atoms with E-state index in [0.717, 1.165) is 23.0 Å². The first-order chi connectivity index (χ1) is 8.76. The zero-order valence-electron chi connectivity index (χ0n) is 10.5. The number of carbonyl (C=O) groups excluding carboxylic acids is 1. The number of carbonyl (C=O) groups is 1. The highest BCUT2D eigenvalue weighted by atomic mass is 16.3. The van der Waals surface area contributed by atoms with Crippen molar-refractivity contribution >= 4 is 16.8 Å². The van der Waals surface area contributed by atoms with E-state index >= 15 is 0 Å². The molecule has 96 valence electrons. The molecule has 0 radical (unpaired) electrons. The maximum Gasteiger partial charge on any atom is 0.224 e. The molecule has 0 aliphatic rings. The SMILES string of the molecule is CCn1cc(CC(=O)NCCO)c2ccccc21. The molecule has 0 saturated carbocycles. The van der Waals surface area contributed by atoms with Crippen LogP contribution in [0.2, 0.25) is 0 Å². The molecule has 0 aliphatic carbocycles. The van der Waals surface area contributed by atoms with Gasteiger partial charge in [0.1, 0.15) is 0 Å². The summed E-state index contributed by atoms with van der Waals surface area (Å²) in [6.45, 7) is 3.26. The fourth-order valence-electron chi connectivity index (χ4n) is 2.16. The average Bonchev–Trinajstić information content (AvgIpc) is 2.75. The molecule has 1 aromatic carbocycles. The Morgan fingerprint density at radius 1 is 1.39 bits per heavy atom. The van der Waals surface area contributed by atoms with Gasteiger partial charge in [-0.15, -0.1) is 0 Å². The molecule has 1 heterocycles. The predicted molar refractivity (Wildman–Crippen MR) is 71.4 cm³/mol. The second kappa shape index (κ2) is 5.69. The fourth-order valence-corrected chi connectivity index (χ4v) is 2.16. The Labute approximate surface area is 106 Å². The van der Waals surface area contributed by atoms with E-state index in [-0.39, 0.29) is 12.5 Å². The smallest absolute Gasteiger partial charge is 0.224 e. The van der Waals surface area contributed by atoms with Crippen LogP contribution in [0.15, 0.2) is 30.5 Å². The van der Waals surface area contributed by atoms with Crippen LogP contribution in [0.3, 0.4) is 0 Å². The first kappa shape index (κ1) is 12.6. The van der Waals surface area contributed by atoms with Crippen molar-refractivity contribution in [3.63, 3.8) is 0 Å². The Morgan fingerprint density at radius 3 is 2.89 bits per heavy atom. The monoisotopic (exact) mass is 246 g/mol. The largest absolute Gasteiger partial charge is 0.395 e. The van der Waals surface area contributed by atoms with Crippen molar-refractivity contribution in [1.29, 1.82) is 0 Å². The third-order valence-electron chi connectivity index (χ3n) is 3.00. The molecule has 2 rings (SSSR count). The van der Waals surface area contributed by atoms with Crippen LogP contribution in [0.1, 0.15) is 12.5 Å². The van der Waals surface area contributed by atoms with Crippen molar-refractivity contribution < 1.29 is 9.90 Å². The number of rotatable bonds is 5. The first-order valence-corrected chi connectivity index (χ1v) is 6.20. The van der Waals surface area contributed by atoms with Crippen LogP contribution in [0.4, 0.5) is 0 Å². The van der Waals surface area contributed by atoms with Crippen LogP contribution >= 0.6 is 0 Å². The molecule has 0 fully saturated rings. The number of aryl methyl sites for hydroxylation is 1. The standard InChI is InChI=1S/C14H18N2O2/c1-2-16-10-11(9-14(18)15-7-8-17)12-5-3-4-6-13(12)16/h3-6,10,17H,2,7-9H2,1H3,(H,15,18). The number of fused-ring (bicyclic) bond motifs is 1. The summed E-state index contributed by atoms with van der Waals surface area (Å²) < 4.78 is 2.14. The topological polar surface area (TPSA) is 54.3 Å². The predicted octanol–water partition coefficient (Wildman–Crippen LogP) is 1.31. The van der Waals surface area contributed by atoms with Gasteiger partial charge >= 0.3 is 0 Å². The molecule has 0 spiro atoms. The third-order valence-corrected chi connectivity index (χ3v) is 3.00. The molecule has 2 N–H and O–H groups in total. The van der Waals surface area contributed by atoms with Crippen LogP contribution in [0, 0.1) is 0 Å². The lowest BCUT2D eigenvalue weighted by Crippen LogP contribution is -2.27. The molecule has 1 aromatic heterocycles. The van der Waals surface area contributed by atoms with E-state index in [9.17, 15) is 4.79 Å². The number of amides is 1. The number of aliphatic hydroxyl groups is 1. The molecule has 18 heavy (non-hydrogen) atoms. The minimum Gasteiger partial charge on any atom is -0.395 e. The minimum absolute atomic E-state index is 0.0253. The summed E-state index contributed by atoms with van der Waals surface area (Å²) in [5, 5.41) is 12.5. The van der Waals surface area contributed by atoms with Gasteiger partial charge in [-0.3, -0.25) is 4.79 Å². The lowest BCUT2D eigenvalue weighted by molar-refractivity contribution is -0.120. The normalized spacial score (nSPS) is 10.8. The number of nitrogens with one attached hydrogen (secondary N) is 1. The van der Waals surface area contributed by atoms with Gasteiger partial charge in [-0.2, -0.15) is 0 Å². The number of nitrogens with zero attached hydrogens (tertiary/aromatic N) is 1. The van der Waals surface area contributed by atoms with Crippen LogP contribution in [-0.2, 0) is 17.8 Å². The van der Waals surface area contributed by atoms with E-state index in [2.05, 4.69) is 22.9 Å². The van der Waals surface area contributed by atoms with Crippen LogP contribution < -0.4 is 5.32 Å². The molecule has 4 heteroatoms. The average molecular weight is 246 g/mol. The molecule has 0 aliphatic heterocycles. The van der Waals surface area contributed by atoms with E-state index in [1.54, 1.807) is 0 Å². The van der Waals surface area contributed by atoms with Crippen molar-refractivity contribution in [2.75, 3.05) is 13.2 Å². The number of aromatic nitrogens is 1. The van der Waals surface area contributed by atoms with Crippen molar-refractivity contribution in [1.82, 2.24) is 9.88 Å². The van der Waals surface area contributed by atoms with Crippen LogP contribution in [0.5, 0.6) is 0 Å². The summed E-state index contributed by atoms with van der Waals surface area (Å²) in [5.74, 6) is -0.0527.